The summed E-state index contributed by atoms with van der Waals surface area (Å²) >= 11 is 0. The average molecular weight is 184 g/mol. The van der Waals surface area contributed by atoms with Gasteiger partial charge in [0.2, 0.25) is 0 Å². The highest BCUT2D eigenvalue weighted by Crippen LogP contribution is 2.19. The largest absolute Gasteiger partial charge is 0.330 e. The molecule has 0 radical (unpaired) electrons. The first-order valence-electron chi connectivity index (χ1n) is 5.79. The van der Waals surface area contributed by atoms with Crippen molar-refractivity contribution in [2.75, 3.05) is 26.2 Å². The van der Waals surface area contributed by atoms with E-state index < -0.39 is 0 Å². The van der Waals surface area contributed by atoms with E-state index >= 15 is 0 Å². The van der Waals surface area contributed by atoms with Gasteiger partial charge in [0.15, 0.2) is 0 Å². The van der Waals surface area contributed by atoms with E-state index in [1.165, 1.54) is 51.7 Å². The van der Waals surface area contributed by atoms with Crippen LogP contribution in [0.15, 0.2) is 0 Å². The average Bonchev–Trinajstić information content (AvgIpc) is 2.54. The number of likely N-dealkylation sites (tertiary alicyclic amines) is 1. The first-order chi connectivity index (χ1) is 6.36. The fourth-order valence-electron chi connectivity index (χ4n) is 2.17. The summed E-state index contributed by atoms with van der Waals surface area (Å²) in [6.45, 7) is 7.07. The summed E-state index contributed by atoms with van der Waals surface area (Å²) in [6, 6.07) is 0. The van der Waals surface area contributed by atoms with Crippen molar-refractivity contribution in [2.45, 2.75) is 39.0 Å². The van der Waals surface area contributed by atoms with Crippen LogP contribution in [0.4, 0.5) is 0 Å². The maximum absolute atomic E-state index is 5.56. The third-order valence-corrected chi connectivity index (χ3v) is 3.02. The van der Waals surface area contributed by atoms with E-state index in [0.29, 0.717) is 0 Å². The van der Waals surface area contributed by atoms with Crippen molar-refractivity contribution >= 4 is 0 Å². The second-order valence-corrected chi connectivity index (χ2v) is 4.24. The minimum absolute atomic E-state index is 0.869. The molecule has 0 bridgehead atoms. The smallest absolute Gasteiger partial charge is 0.00106 e. The molecule has 1 aliphatic rings. The van der Waals surface area contributed by atoms with E-state index in [4.69, 9.17) is 5.73 Å². The number of hydrogen-bond acceptors (Lipinski definition) is 2. The third kappa shape index (κ3) is 4.10. The van der Waals surface area contributed by atoms with E-state index in [2.05, 4.69) is 11.8 Å². The maximum Gasteiger partial charge on any atom is 0.00106 e. The zero-order chi connectivity index (χ0) is 9.52. The number of rotatable bonds is 6. The van der Waals surface area contributed by atoms with Crippen molar-refractivity contribution in [3.05, 3.63) is 0 Å². The summed E-state index contributed by atoms with van der Waals surface area (Å²) in [5.41, 5.74) is 5.56. The highest BCUT2D eigenvalue weighted by Gasteiger charge is 2.20. The summed E-state index contributed by atoms with van der Waals surface area (Å²) < 4.78 is 0. The highest BCUT2D eigenvalue weighted by atomic mass is 15.1. The maximum atomic E-state index is 5.56. The molecule has 2 heteroatoms. The summed E-state index contributed by atoms with van der Waals surface area (Å²) in [7, 11) is 0. The molecule has 0 aromatic heterocycles. The Morgan fingerprint density at radius 3 is 2.92 bits per heavy atom. The van der Waals surface area contributed by atoms with Crippen LogP contribution in [0.5, 0.6) is 0 Å². The number of nitrogens with zero attached hydrogens (tertiary/aromatic N) is 1. The predicted octanol–water partition coefficient (Wildman–Crippen LogP) is 1.85. The lowest BCUT2D eigenvalue weighted by Crippen LogP contribution is -2.22. The Morgan fingerprint density at radius 2 is 2.23 bits per heavy atom. The van der Waals surface area contributed by atoms with E-state index in [0.717, 1.165) is 12.5 Å². The standard InChI is InChI=1S/C11H24N2/c1-2-3-4-8-13-9-6-11(10-13)5-7-12/h11H,2-10,12H2,1H3. The fourth-order valence-corrected chi connectivity index (χ4v) is 2.17. The summed E-state index contributed by atoms with van der Waals surface area (Å²) in [5.74, 6) is 0.895. The van der Waals surface area contributed by atoms with Crippen molar-refractivity contribution in [2.24, 2.45) is 11.7 Å². The Balaban J connectivity index is 2.03. The first-order valence-corrected chi connectivity index (χ1v) is 5.79. The van der Waals surface area contributed by atoms with Crippen molar-refractivity contribution in [3.63, 3.8) is 0 Å². The zero-order valence-electron chi connectivity index (χ0n) is 8.97. The monoisotopic (exact) mass is 184 g/mol. The van der Waals surface area contributed by atoms with Gasteiger partial charge in [-0.05, 0) is 44.8 Å². The minimum Gasteiger partial charge on any atom is -0.330 e. The molecule has 1 aliphatic heterocycles. The fraction of sp³-hybridized carbons (Fsp3) is 1.00. The van der Waals surface area contributed by atoms with Gasteiger partial charge in [0.25, 0.3) is 0 Å². The lowest BCUT2D eigenvalue weighted by Gasteiger charge is -2.15. The molecular weight excluding hydrogens is 160 g/mol. The number of hydrogen-bond donors (Lipinski definition) is 1. The lowest BCUT2D eigenvalue weighted by molar-refractivity contribution is 0.313. The molecule has 0 saturated carbocycles. The van der Waals surface area contributed by atoms with Crippen LogP contribution < -0.4 is 5.73 Å². The molecule has 0 spiro atoms. The van der Waals surface area contributed by atoms with Crippen LogP contribution in [0.25, 0.3) is 0 Å². The molecule has 1 saturated heterocycles. The number of unbranched alkanes of at least 4 members (excludes halogenated alkanes) is 2. The van der Waals surface area contributed by atoms with Crippen molar-refractivity contribution < 1.29 is 0 Å². The van der Waals surface area contributed by atoms with Gasteiger partial charge in [-0.1, -0.05) is 19.8 Å². The molecule has 1 atom stereocenters. The highest BCUT2D eigenvalue weighted by molar-refractivity contribution is 4.75. The normalized spacial score (nSPS) is 24.0. The van der Waals surface area contributed by atoms with Crippen molar-refractivity contribution in [1.82, 2.24) is 4.90 Å². The molecule has 0 aromatic carbocycles. The summed E-state index contributed by atoms with van der Waals surface area (Å²) in [5, 5.41) is 0. The van der Waals surface area contributed by atoms with Gasteiger partial charge < -0.3 is 10.6 Å². The van der Waals surface area contributed by atoms with Gasteiger partial charge in [-0.3, -0.25) is 0 Å². The zero-order valence-corrected chi connectivity index (χ0v) is 8.97. The molecule has 1 rings (SSSR count). The number of nitrogens with two attached hydrogens (primary N) is 1. The molecule has 78 valence electrons. The van der Waals surface area contributed by atoms with E-state index in [-0.39, 0.29) is 0 Å². The van der Waals surface area contributed by atoms with Gasteiger partial charge in [-0.15, -0.1) is 0 Å². The Bertz CT molecular complexity index is 125. The van der Waals surface area contributed by atoms with E-state index in [9.17, 15) is 0 Å². The Labute approximate surface area is 82.5 Å². The van der Waals surface area contributed by atoms with Crippen LogP contribution in [0, 0.1) is 5.92 Å². The lowest BCUT2D eigenvalue weighted by atomic mass is 10.1. The predicted molar refractivity (Wildman–Crippen MR) is 57.7 cm³/mol. The van der Waals surface area contributed by atoms with Crippen LogP contribution in [-0.4, -0.2) is 31.1 Å². The molecule has 0 aromatic rings. The molecular formula is C11H24N2. The molecule has 0 aliphatic carbocycles. The van der Waals surface area contributed by atoms with Gasteiger partial charge in [0, 0.05) is 6.54 Å². The molecule has 0 amide bonds. The summed E-state index contributed by atoms with van der Waals surface area (Å²) in [6.07, 6.45) is 6.71. The van der Waals surface area contributed by atoms with Gasteiger partial charge in [-0.25, -0.2) is 0 Å². The molecule has 1 fully saturated rings. The van der Waals surface area contributed by atoms with Crippen LogP contribution in [0.1, 0.15) is 39.0 Å². The molecule has 13 heavy (non-hydrogen) atoms. The second-order valence-electron chi connectivity index (χ2n) is 4.24. The van der Waals surface area contributed by atoms with Gasteiger partial charge >= 0.3 is 0 Å². The van der Waals surface area contributed by atoms with Crippen LogP contribution in [-0.2, 0) is 0 Å². The first kappa shape index (κ1) is 11.0. The Kier molecular flexibility index (Phi) is 5.40. The quantitative estimate of drug-likeness (QED) is 0.638. The third-order valence-electron chi connectivity index (χ3n) is 3.02. The SMILES string of the molecule is CCCCCN1CCC(CCN)C1. The van der Waals surface area contributed by atoms with E-state index in [1.54, 1.807) is 0 Å². The van der Waals surface area contributed by atoms with Crippen LogP contribution >= 0.6 is 0 Å². The van der Waals surface area contributed by atoms with Crippen LogP contribution in [0.2, 0.25) is 0 Å². The Hall–Kier alpha value is -0.0800. The molecule has 2 nitrogen and oxygen atoms in total. The second kappa shape index (κ2) is 6.39. The Morgan fingerprint density at radius 1 is 1.38 bits per heavy atom. The van der Waals surface area contributed by atoms with Gasteiger partial charge in [0.05, 0.1) is 0 Å². The van der Waals surface area contributed by atoms with Crippen LogP contribution in [0.3, 0.4) is 0 Å². The van der Waals surface area contributed by atoms with Crippen molar-refractivity contribution in [3.8, 4) is 0 Å². The molecule has 1 heterocycles. The molecule has 2 N–H and O–H groups in total. The minimum atomic E-state index is 0.869. The van der Waals surface area contributed by atoms with Gasteiger partial charge in [0.1, 0.15) is 0 Å². The van der Waals surface area contributed by atoms with E-state index in [1.807, 2.05) is 0 Å². The van der Waals surface area contributed by atoms with Crippen molar-refractivity contribution in [1.29, 1.82) is 0 Å². The molecule has 1 unspecified atom stereocenters. The summed E-state index contributed by atoms with van der Waals surface area (Å²) in [4.78, 5) is 2.61. The topological polar surface area (TPSA) is 29.3 Å². The van der Waals surface area contributed by atoms with Gasteiger partial charge in [-0.2, -0.15) is 0 Å².